The summed E-state index contributed by atoms with van der Waals surface area (Å²) in [5.41, 5.74) is 1.19. The standard InChI is InChI=1S/C7H7BrOS/c1-5-2-3-7(10-9)6(8)4-5/h2-4,6H,1H3. The molecule has 0 aliphatic heterocycles. The minimum Gasteiger partial charge on any atom is -0.212 e. The number of hydrogen-bond donors (Lipinski definition) is 0. The number of rotatable bonds is 0. The highest BCUT2D eigenvalue weighted by molar-refractivity contribution is 9.10. The monoisotopic (exact) mass is 218 g/mol. The van der Waals surface area contributed by atoms with Crippen molar-refractivity contribution in [2.24, 2.45) is 0 Å². The molecule has 0 amide bonds. The smallest absolute Gasteiger partial charge is 0.0935 e. The third kappa shape index (κ3) is 1.67. The second-order valence-corrected chi connectivity index (χ2v) is 3.76. The summed E-state index contributed by atoms with van der Waals surface area (Å²) >= 11 is 3.91. The molecule has 0 saturated heterocycles. The molecule has 0 heterocycles. The fourth-order valence-corrected chi connectivity index (χ4v) is 1.83. The molecule has 0 fully saturated rings. The molecule has 0 aromatic rings. The second-order valence-electron chi connectivity index (χ2n) is 2.13. The summed E-state index contributed by atoms with van der Waals surface area (Å²) in [6.07, 6.45) is 5.81. The van der Waals surface area contributed by atoms with E-state index in [0.717, 1.165) is 4.86 Å². The molecule has 0 saturated carbocycles. The van der Waals surface area contributed by atoms with Crippen LogP contribution in [0.15, 0.2) is 23.8 Å². The molecule has 0 radical (unpaired) electrons. The average molecular weight is 219 g/mol. The molecular formula is C7H7BrOS. The van der Waals surface area contributed by atoms with Gasteiger partial charge in [0.25, 0.3) is 0 Å². The minimum absolute atomic E-state index is 0.125. The first-order valence-electron chi connectivity index (χ1n) is 2.91. The fraction of sp³-hybridized carbons (Fsp3) is 0.286. The van der Waals surface area contributed by atoms with Crippen LogP contribution in [0.25, 0.3) is 0 Å². The summed E-state index contributed by atoms with van der Waals surface area (Å²) in [6.45, 7) is 2.01. The van der Waals surface area contributed by atoms with Crippen molar-refractivity contribution in [3.05, 3.63) is 23.8 Å². The quantitative estimate of drug-likeness (QED) is 0.447. The Labute approximate surface area is 72.0 Å². The minimum atomic E-state index is 0.125. The first-order chi connectivity index (χ1) is 4.74. The lowest BCUT2D eigenvalue weighted by molar-refractivity contribution is 0.701. The number of alkyl halides is 1. The maximum atomic E-state index is 10.4. The Balaban J connectivity index is 2.95. The summed E-state index contributed by atoms with van der Waals surface area (Å²) < 4.78 is 10.4. The van der Waals surface area contributed by atoms with E-state index < -0.39 is 0 Å². The Kier molecular flexibility index (Phi) is 2.63. The van der Waals surface area contributed by atoms with Crippen LogP contribution in [0.3, 0.4) is 0 Å². The molecule has 0 spiro atoms. The van der Waals surface area contributed by atoms with Gasteiger partial charge in [0.05, 0.1) is 20.9 Å². The van der Waals surface area contributed by atoms with Gasteiger partial charge in [0.1, 0.15) is 0 Å². The third-order valence-electron chi connectivity index (χ3n) is 1.29. The summed E-state index contributed by atoms with van der Waals surface area (Å²) in [6, 6.07) is 0. The van der Waals surface area contributed by atoms with Gasteiger partial charge in [-0.15, -0.1) is 0 Å². The van der Waals surface area contributed by atoms with E-state index in [-0.39, 0.29) is 4.83 Å². The van der Waals surface area contributed by atoms with Crippen molar-refractivity contribution in [2.45, 2.75) is 11.8 Å². The zero-order valence-electron chi connectivity index (χ0n) is 5.50. The van der Waals surface area contributed by atoms with Crippen LogP contribution in [0.2, 0.25) is 0 Å². The summed E-state index contributed by atoms with van der Waals surface area (Å²) in [5.74, 6) is 0. The number of halogens is 1. The van der Waals surface area contributed by atoms with E-state index in [9.17, 15) is 4.21 Å². The number of allylic oxidation sites excluding steroid dienone is 4. The first kappa shape index (κ1) is 7.95. The lowest BCUT2D eigenvalue weighted by Crippen LogP contribution is -2.11. The van der Waals surface area contributed by atoms with Crippen molar-refractivity contribution >= 4 is 32.1 Å². The molecule has 1 atom stereocenters. The third-order valence-corrected chi connectivity index (χ3v) is 2.93. The zero-order chi connectivity index (χ0) is 7.56. The van der Waals surface area contributed by atoms with Crippen LogP contribution in [0.1, 0.15) is 6.92 Å². The SMILES string of the molecule is CC1=CC(Br)C(=S=O)C=C1. The van der Waals surface area contributed by atoms with E-state index in [4.69, 9.17) is 0 Å². The Morgan fingerprint density at radius 2 is 2.30 bits per heavy atom. The van der Waals surface area contributed by atoms with Crippen LogP contribution in [0.4, 0.5) is 0 Å². The zero-order valence-corrected chi connectivity index (χ0v) is 7.91. The van der Waals surface area contributed by atoms with Gasteiger partial charge in [0.15, 0.2) is 0 Å². The summed E-state index contributed by atoms with van der Waals surface area (Å²) in [4.78, 5) is 0.950. The predicted molar refractivity (Wildman–Crippen MR) is 48.8 cm³/mol. The highest BCUT2D eigenvalue weighted by atomic mass is 79.9. The highest BCUT2D eigenvalue weighted by Gasteiger charge is 2.09. The van der Waals surface area contributed by atoms with Crippen LogP contribution in [-0.4, -0.2) is 13.9 Å². The van der Waals surface area contributed by atoms with Crippen LogP contribution in [0.5, 0.6) is 0 Å². The largest absolute Gasteiger partial charge is 0.212 e. The van der Waals surface area contributed by atoms with Gasteiger partial charge in [-0.1, -0.05) is 33.7 Å². The number of hydrogen-bond acceptors (Lipinski definition) is 1. The Morgan fingerprint density at radius 1 is 1.60 bits per heavy atom. The van der Waals surface area contributed by atoms with Crippen molar-refractivity contribution < 1.29 is 4.21 Å². The average Bonchev–Trinajstić information content (AvgIpc) is 1.88. The lowest BCUT2D eigenvalue weighted by atomic mass is 10.1. The molecule has 0 aromatic heterocycles. The second kappa shape index (κ2) is 3.30. The Morgan fingerprint density at radius 3 is 2.80 bits per heavy atom. The normalized spacial score (nSPS) is 24.4. The molecule has 1 aliphatic rings. The van der Waals surface area contributed by atoms with Crippen LogP contribution in [0, 0.1) is 0 Å². The van der Waals surface area contributed by atoms with Gasteiger partial charge in [0.2, 0.25) is 0 Å². The van der Waals surface area contributed by atoms with Crippen molar-refractivity contribution in [1.82, 2.24) is 0 Å². The van der Waals surface area contributed by atoms with E-state index in [1.807, 2.05) is 25.2 Å². The van der Waals surface area contributed by atoms with Gasteiger partial charge in [-0.3, -0.25) is 0 Å². The molecule has 10 heavy (non-hydrogen) atoms. The van der Waals surface area contributed by atoms with E-state index in [0.29, 0.717) is 11.3 Å². The van der Waals surface area contributed by atoms with Gasteiger partial charge >= 0.3 is 0 Å². The maximum Gasteiger partial charge on any atom is 0.0935 e. The van der Waals surface area contributed by atoms with Crippen molar-refractivity contribution in [3.8, 4) is 0 Å². The molecule has 1 nitrogen and oxygen atoms in total. The van der Waals surface area contributed by atoms with Gasteiger partial charge < -0.3 is 0 Å². The van der Waals surface area contributed by atoms with E-state index in [1.165, 1.54) is 5.57 Å². The van der Waals surface area contributed by atoms with Crippen molar-refractivity contribution in [3.63, 3.8) is 0 Å². The molecular weight excluding hydrogens is 212 g/mol. The Hall–Kier alpha value is -0.150. The molecule has 1 unspecified atom stereocenters. The maximum absolute atomic E-state index is 10.4. The van der Waals surface area contributed by atoms with Gasteiger partial charge in [-0.05, 0) is 13.0 Å². The molecule has 1 rings (SSSR count). The molecule has 1 aliphatic carbocycles. The van der Waals surface area contributed by atoms with Crippen molar-refractivity contribution in [1.29, 1.82) is 0 Å². The Bertz CT molecular complexity index is 248. The first-order valence-corrected chi connectivity index (χ1v) is 4.57. The summed E-state index contributed by atoms with van der Waals surface area (Å²) in [7, 11) is 0. The van der Waals surface area contributed by atoms with Crippen LogP contribution < -0.4 is 0 Å². The molecule has 0 bridgehead atoms. The predicted octanol–water partition coefficient (Wildman–Crippen LogP) is 1.65. The summed E-state index contributed by atoms with van der Waals surface area (Å²) in [5, 5.41) is 0. The van der Waals surface area contributed by atoms with Crippen LogP contribution in [-0.2, 0) is 11.3 Å². The van der Waals surface area contributed by atoms with E-state index in [2.05, 4.69) is 15.9 Å². The molecule has 54 valence electrons. The molecule has 0 aromatic carbocycles. The van der Waals surface area contributed by atoms with Gasteiger partial charge in [-0.25, -0.2) is 4.21 Å². The van der Waals surface area contributed by atoms with Gasteiger partial charge in [0, 0.05) is 0 Å². The van der Waals surface area contributed by atoms with E-state index >= 15 is 0 Å². The lowest BCUT2D eigenvalue weighted by Gasteiger charge is -2.07. The molecule has 3 heteroatoms. The fourth-order valence-electron chi connectivity index (χ4n) is 0.748. The molecule has 0 N–H and O–H groups in total. The van der Waals surface area contributed by atoms with Gasteiger partial charge in [-0.2, -0.15) is 0 Å². The van der Waals surface area contributed by atoms with E-state index in [1.54, 1.807) is 0 Å². The topological polar surface area (TPSA) is 17.1 Å². The van der Waals surface area contributed by atoms with Crippen molar-refractivity contribution in [2.75, 3.05) is 0 Å². The highest BCUT2D eigenvalue weighted by Crippen LogP contribution is 2.13. The van der Waals surface area contributed by atoms with Crippen LogP contribution >= 0.6 is 15.9 Å².